The van der Waals surface area contributed by atoms with Crippen LogP contribution < -0.4 is 14.8 Å². The molecule has 24 heavy (non-hydrogen) atoms. The largest absolute Gasteiger partial charge is 0.494 e. The standard InChI is InChI=1S/C17H19NO5S/c1-2-21-13-5-7-14(8-6-13)22-10-9-18-16(19)12-23-17(20)15-4-3-11-24-15/h3-8,11H,2,9-10,12H2,1H3,(H,18,19). The molecule has 0 fully saturated rings. The Morgan fingerprint density at radius 3 is 2.42 bits per heavy atom. The van der Waals surface area contributed by atoms with E-state index in [0.29, 0.717) is 30.4 Å². The Bertz CT molecular complexity index is 640. The zero-order chi connectivity index (χ0) is 17.2. The van der Waals surface area contributed by atoms with E-state index in [-0.39, 0.29) is 12.5 Å². The maximum absolute atomic E-state index is 11.6. The Morgan fingerprint density at radius 2 is 1.79 bits per heavy atom. The summed E-state index contributed by atoms with van der Waals surface area (Å²) in [5.74, 6) is 0.614. The van der Waals surface area contributed by atoms with Gasteiger partial charge >= 0.3 is 5.97 Å². The lowest BCUT2D eigenvalue weighted by molar-refractivity contribution is -0.124. The molecule has 7 heteroatoms. The van der Waals surface area contributed by atoms with Crippen LogP contribution in [0.1, 0.15) is 16.6 Å². The van der Waals surface area contributed by atoms with E-state index in [4.69, 9.17) is 14.2 Å². The van der Waals surface area contributed by atoms with Gasteiger partial charge in [-0.15, -0.1) is 11.3 Å². The number of nitrogens with one attached hydrogen (secondary N) is 1. The highest BCUT2D eigenvalue weighted by atomic mass is 32.1. The van der Waals surface area contributed by atoms with Crippen molar-refractivity contribution in [3.63, 3.8) is 0 Å². The van der Waals surface area contributed by atoms with Crippen LogP contribution in [0.15, 0.2) is 41.8 Å². The summed E-state index contributed by atoms with van der Waals surface area (Å²) < 4.78 is 15.7. The predicted octanol–water partition coefficient (Wildman–Crippen LogP) is 2.50. The predicted molar refractivity (Wildman–Crippen MR) is 90.7 cm³/mol. The van der Waals surface area contributed by atoms with Crippen molar-refractivity contribution in [2.45, 2.75) is 6.92 Å². The van der Waals surface area contributed by atoms with Crippen LogP contribution in [0.4, 0.5) is 0 Å². The molecule has 1 aromatic heterocycles. The van der Waals surface area contributed by atoms with Crippen molar-refractivity contribution < 1.29 is 23.8 Å². The summed E-state index contributed by atoms with van der Waals surface area (Å²) in [6.45, 7) is 2.87. The molecule has 0 spiro atoms. The number of carbonyl (C=O) groups excluding carboxylic acids is 2. The van der Waals surface area contributed by atoms with E-state index in [1.807, 2.05) is 19.1 Å². The zero-order valence-corrected chi connectivity index (χ0v) is 14.1. The van der Waals surface area contributed by atoms with E-state index >= 15 is 0 Å². The quantitative estimate of drug-likeness (QED) is 0.556. The number of rotatable bonds is 9. The molecule has 0 unspecified atom stereocenters. The minimum Gasteiger partial charge on any atom is -0.494 e. The molecule has 1 heterocycles. The molecular formula is C17H19NO5S. The number of carbonyl (C=O) groups is 2. The van der Waals surface area contributed by atoms with Crippen molar-refractivity contribution >= 4 is 23.2 Å². The fraction of sp³-hybridized carbons (Fsp3) is 0.294. The molecule has 0 atom stereocenters. The third-order valence-corrected chi connectivity index (χ3v) is 3.73. The maximum Gasteiger partial charge on any atom is 0.348 e. The van der Waals surface area contributed by atoms with Gasteiger partial charge in [-0.1, -0.05) is 6.07 Å². The summed E-state index contributed by atoms with van der Waals surface area (Å²) in [5, 5.41) is 4.40. The topological polar surface area (TPSA) is 73.9 Å². The molecule has 0 aliphatic heterocycles. The SMILES string of the molecule is CCOc1ccc(OCCNC(=O)COC(=O)c2cccs2)cc1. The molecule has 0 aliphatic carbocycles. The van der Waals surface area contributed by atoms with Gasteiger partial charge in [0.05, 0.1) is 13.2 Å². The van der Waals surface area contributed by atoms with Gasteiger partial charge in [0.1, 0.15) is 23.0 Å². The minimum atomic E-state index is -0.495. The Balaban J connectivity index is 1.59. The van der Waals surface area contributed by atoms with Crippen molar-refractivity contribution in [3.8, 4) is 11.5 Å². The van der Waals surface area contributed by atoms with E-state index in [2.05, 4.69) is 5.32 Å². The summed E-state index contributed by atoms with van der Waals surface area (Å²) >= 11 is 1.27. The van der Waals surface area contributed by atoms with E-state index in [1.165, 1.54) is 11.3 Å². The van der Waals surface area contributed by atoms with Crippen LogP contribution in [-0.2, 0) is 9.53 Å². The first-order valence-electron chi connectivity index (χ1n) is 7.52. The summed E-state index contributed by atoms with van der Waals surface area (Å²) in [7, 11) is 0. The second-order valence-corrected chi connectivity index (χ2v) is 5.60. The van der Waals surface area contributed by atoms with Crippen LogP contribution in [0.25, 0.3) is 0 Å². The fourth-order valence-electron chi connectivity index (χ4n) is 1.81. The fourth-order valence-corrected chi connectivity index (χ4v) is 2.42. The van der Waals surface area contributed by atoms with Crippen LogP contribution in [0.3, 0.4) is 0 Å². The van der Waals surface area contributed by atoms with Gasteiger partial charge in [0.2, 0.25) is 0 Å². The molecular weight excluding hydrogens is 330 g/mol. The van der Waals surface area contributed by atoms with Gasteiger partial charge in [-0.25, -0.2) is 4.79 Å². The van der Waals surface area contributed by atoms with Crippen molar-refractivity contribution in [3.05, 3.63) is 46.7 Å². The molecule has 0 saturated carbocycles. The molecule has 128 valence electrons. The van der Waals surface area contributed by atoms with E-state index in [9.17, 15) is 9.59 Å². The number of hydrogen-bond acceptors (Lipinski definition) is 6. The van der Waals surface area contributed by atoms with Crippen molar-refractivity contribution in [1.82, 2.24) is 5.32 Å². The van der Waals surface area contributed by atoms with E-state index < -0.39 is 5.97 Å². The first kappa shape index (κ1) is 17.8. The molecule has 1 aromatic carbocycles. The van der Waals surface area contributed by atoms with Crippen molar-refractivity contribution in [2.75, 3.05) is 26.4 Å². The lowest BCUT2D eigenvalue weighted by Gasteiger charge is -2.09. The van der Waals surface area contributed by atoms with Crippen LogP contribution in [0.5, 0.6) is 11.5 Å². The number of ether oxygens (including phenoxy) is 3. The van der Waals surface area contributed by atoms with E-state index in [1.54, 1.807) is 29.6 Å². The Kier molecular flexibility index (Phi) is 7.10. The first-order chi connectivity index (χ1) is 11.7. The number of esters is 1. The summed E-state index contributed by atoms with van der Waals surface area (Å²) in [6.07, 6.45) is 0. The van der Waals surface area contributed by atoms with Crippen molar-refractivity contribution in [2.24, 2.45) is 0 Å². The van der Waals surface area contributed by atoms with Gasteiger partial charge in [-0.3, -0.25) is 4.79 Å². The molecule has 1 N–H and O–H groups in total. The van der Waals surface area contributed by atoms with Crippen LogP contribution in [0, 0.1) is 0 Å². The maximum atomic E-state index is 11.6. The second-order valence-electron chi connectivity index (χ2n) is 4.66. The molecule has 2 rings (SSSR count). The van der Waals surface area contributed by atoms with Gasteiger partial charge in [0.15, 0.2) is 6.61 Å². The molecule has 6 nitrogen and oxygen atoms in total. The molecule has 0 bridgehead atoms. The van der Waals surface area contributed by atoms with Gasteiger partial charge in [0, 0.05) is 0 Å². The van der Waals surface area contributed by atoms with Gasteiger partial charge in [0.25, 0.3) is 5.91 Å². The highest BCUT2D eigenvalue weighted by molar-refractivity contribution is 7.11. The van der Waals surface area contributed by atoms with Crippen LogP contribution in [0.2, 0.25) is 0 Å². The molecule has 1 amide bonds. The molecule has 0 saturated heterocycles. The zero-order valence-electron chi connectivity index (χ0n) is 13.3. The van der Waals surface area contributed by atoms with Crippen LogP contribution in [-0.4, -0.2) is 38.2 Å². The Labute approximate surface area is 144 Å². The van der Waals surface area contributed by atoms with Crippen LogP contribution >= 0.6 is 11.3 Å². The number of hydrogen-bond donors (Lipinski definition) is 1. The van der Waals surface area contributed by atoms with Gasteiger partial charge in [-0.05, 0) is 42.6 Å². The van der Waals surface area contributed by atoms with Gasteiger partial charge in [-0.2, -0.15) is 0 Å². The number of amides is 1. The smallest absolute Gasteiger partial charge is 0.348 e. The van der Waals surface area contributed by atoms with E-state index in [0.717, 1.165) is 5.75 Å². The van der Waals surface area contributed by atoms with Gasteiger partial charge < -0.3 is 19.5 Å². The lowest BCUT2D eigenvalue weighted by Crippen LogP contribution is -2.32. The summed E-state index contributed by atoms with van der Waals surface area (Å²) in [6, 6.07) is 10.6. The monoisotopic (exact) mass is 349 g/mol. The average molecular weight is 349 g/mol. The Hall–Kier alpha value is -2.54. The lowest BCUT2D eigenvalue weighted by atomic mass is 10.3. The highest BCUT2D eigenvalue weighted by Crippen LogP contribution is 2.17. The van der Waals surface area contributed by atoms with Crippen molar-refractivity contribution in [1.29, 1.82) is 0 Å². The minimum absolute atomic E-state index is 0.306. The summed E-state index contributed by atoms with van der Waals surface area (Å²) in [5.41, 5.74) is 0. The third kappa shape index (κ3) is 5.92. The Morgan fingerprint density at radius 1 is 1.08 bits per heavy atom. The third-order valence-electron chi connectivity index (χ3n) is 2.88. The number of benzene rings is 1. The highest BCUT2D eigenvalue weighted by Gasteiger charge is 2.10. The molecule has 0 aliphatic rings. The second kappa shape index (κ2) is 9.57. The summed E-state index contributed by atoms with van der Waals surface area (Å²) in [4.78, 5) is 23.6. The number of thiophene rings is 1. The molecule has 2 aromatic rings. The molecule has 0 radical (unpaired) electrons. The average Bonchev–Trinajstić information content (AvgIpc) is 3.13. The first-order valence-corrected chi connectivity index (χ1v) is 8.40. The normalized spacial score (nSPS) is 10.0.